The Balaban J connectivity index is 1.44. The van der Waals surface area contributed by atoms with E-state index in [0.29, 0.717) is 0 Å². The molecule has 0 radical (unpaired) electrons. The number of nitrogens with one attached hydrogen (secondary N) is 2. The molecule has 3 heterocycles. The lowest BCUT2D eigenvalue weighted by molar-refractivity contribution is -0.116. The highest BCUT2D eigenvalue weighted by molar-refractivity contribution is 5.99. The Kier molecular flexibility index (Phi) is 4.52. The Morgan fingerprint density at radius 2 is 1.87 bits per heavy atom. The van der Waals surface area contributed by atoms with Crippen molar-refractivity contribution in [2.24, 2.45) is 0 Å². The van der Waals surface area contributed by atoms with Crippen molar-refractivity contribution in [3.8, 4) is 0 Å². The van der Waals surface area contributed by atoms with Crippen LogP contribution in [0, 0.1) is 0 Å². The van der Waals surface area contributed by atoms with Crippen LogP contribution in [0.4, 0.5) is 28.6 Å². The molecular formula is C24H21N5O. The SMILES string of the molecule is CC(=O)N1CCc2cccc(Nc3ccnc(Nc4cccc5ccncc45)c3)c21. The first-order valence-electron chi connectivity index (χ1n) is 9.92. The minimum Gasteiger partial charge on any atom is -0.354 e. The summed E-state index contributed by atoms with van der Waals surface area (Å²) in [7, 11) is 0. The molecule has 1 amide bonds. The first-order valence-corrected chi connectivity index (χ1v) is 9.92. The summed E-state index contributed by atoms with van der Waals surface area (Å²) in [5.74, 6) is 0.789. The molecule has 148 valence electrons. The number of carbonyl (C=O) groups is 1. The monoisotopic (exact) mass is 395 g/mol. The predicted octanol–water partition coefficient (Wildman–Crippen LogP) is 5.03. The third-order valence-corrected chi connectivity index (χ3v) is 5.36. The van der Waals surface area contributed by atoms with Gasteiger partial charge in [0, 0.05) is 54.9 Å². The summed E-state index contributed by atoms with van der Waals surface area (Å²) in [6, 6.07) is 18.1. The maximum atomic E-state index is 12.1. The van der Waals surface area contributed by atoms with E-state index in [1.54, 1.807) is 19.3 Å². The molecule has 0 bridgehead atoms. The highest BCUT2D eigenvalue weighted by Crippen LogP contribution is 2.37. The number of para-hydroxylation sites is 1. The van der Waals surface area contributed by atoms with Gasteiger partial charge >= 0.3 is 0 Å². The van der Waals surface area contributed by atoms with Crippen LogP contribution in [0.15, 0.2) is 73.2 Å². The van der Waals surface area contributed by atoms with Crippen LogP contribution in [0.2, 0.25) is 0 Å². The van der Waals surface area contributed by atoms with Gasteiger partial charge in [-0.15, -0.1) is 0 Å². The van der Waals surface area contributed by atoms with E-state index in [4.69, 9.17) is 0 Å². The number of anilines is 5. The zero-order valence-electron chi connectivity index (χ0n) is 16.6. The average molecular weight is 395 g/mol. The largest absolute Gasteiger partial charge is 0.354 e. The normalized spacial score (nSPS) is 12.6. The first-order chi connectivity index (χ1) is 14.7. The van der Waals surface area contributed by atoms with E-state index in [2.05, 4.69) is 32.7 Å². The Bertz CT molecular complexity index is 1250. The molecule has 5 rings (SSSR count). The Hall–Kier alpha value is -3.93. The summed E-state index contributed by atoms with van der Waals surface area (Å²) in [6.07, 6.45) is 6.28. The van der Waals surface area contributed by atoms with Crippen LogP contribution in [0.5, 0.6) is 0 Å². The molecule has 0 saturated heterocycles. The minimum atomic E-state index is 0.0599. The Morgan fingerprint density at radius 1 is 1.00 bits per heavy atom. The lowest BCUT2D eigenvalue weighted by atomic mass is 10.1. The van der Waals surface area contributed by atoms with E-state index in [9.17, 15) is 4.79 Å². The van der Waals surface area contributed by atoms with Gasteiger partial charge in [0.2, 0.25) is 5.91 Å². The molecule has 0 aliphatic carbocycles. The second kappa shape index (κ2) is 7.48. The highest BCUT2D eigenvalue weighted by Gasteiger charge is 2.25. The molecule has 6 nitrogen and oxygen atoms in total. The summed E-state index contributed by atoms with van der Waals surface area (Å²) >= 11 is 0. The number of nitrogens with zero attached hydrogens (tertiary/aromatic N) is 3. The average Bonchev–Trinajstić information content (AvgIpc) is 3.20. The predicted molar refractivity (Wildman–Crippen MR) is 121 cm³/mol. The number of carbonyl (C=O) groups excluding carboxylic acids is 1. The van der Waals surface area contributed by atoms with Crippen molar-refractivity contribution in [1.29, 1.82) is 0 Å². The van der Waals surface area contributed by atoms with Crippen LogP contribution in [0.3, 0.4) is 0 Å². The zero-order valence-corrected chi connectivity index (χ0v) is 16.6. The number of benzene rings is 2. The van der Waals surface area contributed by atoms with Gasteiger partial charge in [0.05, 0.1) is 11.4 Å². The highest BCUT2D eigenvalue weighted by atomic mass is 16.2. The van der Waals surface area contributed by atoms with E-state index in [1.807, 2.05) is 53.6 Å². The smallest absolute Gasteiger partial charge is 0.223 e. The zero-order chi connectivity index (χ0) is 20.5. The second-order valence-electron chi connectivity index (χ2n) is 7.32. The number of hydrogen-bond donors (Lipinski definition) is 2. The number of hydrogen-bond acceptors (Lipinski definition) is 5. The van der Waals surface area contributed by atoms with Gasteiger partial charge in [0.25, 0.3) is 0 Å². The van der Waals surface area contributed by atoms with Crippen molar-refractivity contribution in [2.75, 3.05) is 22.1 Å². The van der Waals surface area contributed by atoms with Crippen LogP contribution in [0.25, 0.3) is 10.8 Å². The molecule has 0 unspecified atom stereocenters. The maximum absolute atomic E-state index is 12.1. The van der Waals surface area contributed by atoms with Crippen molar-refractivity contribution in [1.82, 2.24) is 9.97 Å². The van der Waals surface area contributed by atoms with E-state index in [1.165, 1.54) is 5.56 Å². The molecule has 2 aromatic heterocycles. The number of rotatable bonds is 4. The van der Waals surface area contributed by atoms with Crippen LogP contribution in [-0.2, 0) is 11.2 Å². The molecule has 4 aromatic rings. The molecule has 0 atom stereocenters. The summed E-state index contributed by atoms with van der Waals surface area (Å²) in [5, 5.41) is 9.02. The molecule has 6 heteroatoms. The molecule has 2 aromatic carbocycles. The van der Waals surface area contributed by atoms with Gasteiger partial charge in [-0.1, -0.05) is 24.3 Å². The summed E-state index contributed by atoms with van der Waals surface area (Å²) in [5.41, 5.74) is 4.93. The molecule has 0 spiro atoms. The molecule has 0 fully saturated rings. The van der Waals surface area contributed by atoms with Crippen LogP contribution in [0.1, 0.15) is 12.5 Å². The molecule has 30 heavy (non-hydrogen) atoms. The Morgan fingerprint density at radius 3 is 2.77 bits per heavy atom. The van der Waals surface area contributed by atoms with Gasteiger partial charge in [0.15, 0.2) is 0 Å². The standard InChI is InChI=1S/C24H21N5O/c1-16(30)29-13-10-18-5-3-7-22(24(18)29)27-19-9-12-26-23(14-19)28-21-6-2-4-17-8-11-25-15-20(17)21/h2-9,11-12,14-15H,10,13H2,1H3,(H2,26,27,28). The fourth-order valence-electron chi connectivity index (χ4n) is 3.96. The van der Waals surface area contributed by atoms with E-state index >= 15 is 0 Å². The van der Waals surface area contributed by atoms with Gasteiger partial charge in [-0.3, -0.25) is 9.78 Å². The van der Waals surface area contributed by atoms with Gasteiger partial charge < -0.3 is 15.5 Å². The van der Waals surface area contributed by atoms with Gasteiger partial charge in [0.1, 0.15) is 5.82 Å². The fourth-order valence-corrected chi connectivity index (χ4v) is 3.96. The van der Waals surface area contributed by atoms with Crippen molar-refractivity contribution in [3.63, 3.8) is 0 Å². The first kappa shape index (κ1) is 18.1. The topological polar surface area (TPSA) is 70.2 Å². The summed E-state index contributed by atoms with van der Waals surface area (Å²) in [4.78, 5) is 22.6. The lowest BCUT2D eigenvalue weighted by Crippen LogP contribution is -2.26. The van der Waals surface area contributed by atoms with Crippen LogP contribution in [-0.4, -0.2) is 22.4 Å². The van der Waals surface area contributed by atoms with E-state index in [0.717, 1.165) is 52.3 Å². The molecular weight excluding hydrogens is 374 g/mol. The van der Waals surface area contributed by atoms with Gasteiger partial charge in [-0.2, -0.15) is 0 Å². The molecule has 0 saturated carbocycles. The molecule has 2 N–H and O–H groups in total. The number of amides is 1. The quantitative estimate of drug-likeness (QED) is 0.507. The van der Waals surface area contributed by atoms with Crippen molar-refractivity contribution < 1.29 is 4.79 Å². The van der Waals surface area contributed by atoms with Crippen molar-refractivity contribution in [2.45, 2.75) is 13.3 Å². The minimum absolute atomic E-state index is 0.0599. The van der Waals surface area contributed by atoms with E-state index < -0.39 is 0 Å². The Labute approximate surface area is 174 Å². The fraction of sp³-hybridized carbons (Fsp3) is 0.125. The lowest BCUT2D eigenvalue weighted by Gasteiger charge is -2.20. The van der Waals surface area contributed by atoms with Crippen LogP contribution < -0.4 is 15.5 Å². The molecule has 1 aliphatic heterocycles. The third-order valence-electron chi connectivity index (χ3n) is 5.36. The van der Waals surface area contributed by atoms with Gasteiger partial charge in [-0.05, 0) is 41.6 Å². The molecule has 1 aliphatic rings. The number of pyridine rings is 2. The number of aromatic nitrogens is 2. The van der Waals surface area contributed by atoms with Crippen molar-refractivity contribution in [3.05, 3.63) is 78.8 Å². The third kappa shape index (κ3) is 3.33. The second-order valence-corrected chi connectivity index (χ2v) is 7.32. The summed E-state index contributed by atoms with van der Waals surface area (Å²) in [6.45, 7) is 2.33. The van der Waals surface area contributed by atoms with Crippen molar-refractivity contribution >= 4 is 45.2 Å². The maximum Gasteiger partial charge on any atom is 0.223 e. The van der Waals surface area contributed by atoms with E-state index in [-0.39, 0.29) is 5.91 Å². The number of fused-ring (bicyclic) bond motifs is 2. The van der Waals surface area contributed by atoms with Crippen LogP contribution >= 0.6 is 0 Å². The van der Waals surface area contributed by atoms with Gasteiger partial charge in [-0.25, -0.2) is 4.98 Å². The summed E-state index contributed by atoms with van der Waals surface area (Å²) < 4.78 is 0.